The van der Waals surface area contributed by atoms with E-state index in [0.717, 1.165) is 0 Å². The molecule has 0 bridgehead atoms. The molecule has 0 aromatic heterocycles. The van der Waals surface area contributed by atoms with Crippen LogP contribution in [0, 0.1) is 0 Å². The molecule has 1 unspecified atom stereocenters. The van der Waals surface area contributed by atoms with Crippen molar-refractivity contribution in [2.45, 2.75) is 18.9 Å². The predicted octanol–water partition coefficient (Wildman–Crippen LogP) is 0.342. The van der Waals surface area contributed by atoms with Gasteiger partial charge in [0.05, 0.1) is 11.6 Å². The molecule has 0 amide bonds. The van der Waals surface area contributed by atoms with Crippen LogP contribution in [0.2, 0.25) is 0 Å². The molecule has 1 aromatic rings. The number of carboxylic acid groups (broad SMARTS) is 2. The molecule has 1 atom stereocenters. The normalized spacial score (nSPS) is 11.8. The average Bonchev–Trinajstić information content (AvgIpc) is 2.34. The number of nitrogen functional groups attached to an aromatic ring is 1. The lowest BCUT2D eigenvalue weighted by Crippen LogP contribution is -2.32. The number of carboxylic acids is 2. The summed E-state index contributed by atoms with van der Waals surface area (Å²) >= 11 is 0. The molecule has 0 aliphatic carbocycles. The lowest BCUT2D eigenvalue weighted by molar-refractivity contribution is -0.137. The van der Waals surface area contributed by atoms with Gasteiger partial charge in [-0.3, -0.25) is 9.59 Å². The van der Waals surface area contributed by atoms with Crippen molar-refractivity contribution < 1.29 is 24.6 Å². The van der Waals surface area contributed by atoms with E-state index in [1.165, 1.54) is 18.2 Å². The van der Waals surface area contributed by atoms with Gasteiger partial charge < -0.3 is 21.7 Å². The highest BCUT2D eigenvalue weighted by atomic mass is 16.4. The van der Waals surface area contributed by atoms with Crippen LogP contribution in [-0.2, 0) is 4.79 Å². The Morgan fingerprint density at radius 1 is 1.16 bits per heavy atom. The Morgan fingerprint density at radius 2 is 1.79 bits per heavy atom. The second-order valence-corrected chi connectivity index (χ2v) is 4.01. The summed E-state index contributed by atoms with van der Waals surface area (Å²) < 4.78 is 0. The third kappa shape index (κ3) is 3.78. The summed E-state index contributed by atoms with van der Waals surface area (Å²) in [5.74, 6) is -2.98. The molecule has 0 fully saturated rings. The summed E-state index contributed by atoms with van der Waals surface area (Å²) in [5.41, 5.74) is 11.0. The molecule has 0 aliphatic heterocycles. The van der Waals surface area contributed by atoms with Crippen LogP contribution in [0.5, 0.6) is 0 Å². The standard InChI is InChI=1S/C12H14N2O5/c13-6-1-2-7(12(18)19)8(5-6)11(17)9(14)3-4-10(15)16/h1-2,5,9H,3-4,13-14H2,(H,15,16)(H,18,19). The van der Waals surface area contributed by atoms with E-state index in [2.05, 4.69) is 0 Å². The van der Waals surface area contributed by atoms with Crippen molar-refractivity contribution in [3.63, 3.8) is 0 Å². The summed E-state index contributed by atoms with van der Waals surface area (Å²) in [5, 5.41) is 17.5. The molecule has 0 saturated carbocycles. The molecule has 19 heavy (non-hydrogen) atoms. The van der Waals surface area contributed by atoms with Crippen molar-refractivity contribution in [3.05, 3.63) is 29.3 Å². The van der Waals surface area contributed by atoms with E-state index in [1.807, 2.05) is 0 Å². The van der Waals surface area contributed by atoms with E-state index in [0.29, 0.717) is 0 Å². The smallest absolute Gasteiger partial charge is 0.336 e. The van der Waals surface area contributed by atoms with E-state index in [9.17, 15) is 14.4 Å². The zero-order valence-electron chi connectivity index (χ0n) is 10.00. The number of carbonyl (C=O) groups is 3. The fraction of sp³-hybridized carbons (Fsp3) is 0.250. The second-order valence-electron chi connectivity index (χ2n) is 4.01. The van der Waals surface area contributed by atoms with Gasteiger partial charge in [-0.15, -0.1) is 0 Å². The largest absolute Gasteiger partial charge is 0.481 e. The van der Waals surface area contributed by atoms with Crippen molar-refractivity contribution in [1.82, 2.24) is 0 Å². The fourth-order valence-electron chi connectivity index (χ4n) is 1.56. The number of aromatic carboxylic acids is 1. The maximum atomic E-state index is 12.0. The lowest BCUT2D eigenvalue weighted by Gasteiger charge is -2.12. The van der Waals surface area contributed by atoms with Gasteiger partial charge in [0, 0.05) is 17.7 Å². The Morgan fingerprint density at radius 3 is 2.32 bits per heavy atom. The summed E-state index contributed by atoms with van der Waals surface area (Å²) in [6, 6.07) is 2.74. The highest BCUT2D eigenvalue weighted by Gasteiger charge is 2.22. The van der Waals surface area contributed by atoms with Crippen molar-refractivity contribution in [2.75, 3.05) is 5.73 Å². The third-order valence-corrected chi connectivity index (χ3v) is 2.55. The molecule has 0 aliphatic rings. The quantitative estimate of drug-likeness (QED) is 0.429. The van der Waals surface area contributed by atoms with Crippen molar-refractivity contribution >= 4 is 23.4 Å². The predicted molar refractivity (Wildman–Crippen MR) is 67.0 cm³/mol. The maximum Gasteiger partial charge on any atom is 0.336 e. The Labute approximate surface area is 108 Å². The van der Waals surface area contributed by atoms with Gasteiger partial charge in [-0.1, -0.05) is 0 Å². The Balaban J connectivity index is 3.01. The molecule has 0 radical (unpaired) electrons. The number of rotatable bonds is 6. The van der Waals surface area contributed by atoms with E-state index >= 15 is 0 Å². The number of ketones is 1. The number of Topliss-reactive ketones (excluding diaryl/α,β-unsaturated/α-hetero) is 1. The Bertz CT molecular complexity index is 527. The summed E-state index contributed by atoms with van der Waals surface area (Å²) in [6.45, 7) is 0. The minimum atomic E-state index is -1.27. The molecule has 1 rings (SSSR count). The summed E-state index contributed by atoms with van der Waals surface area (Å²) in [7, 11) is 0. The van der Waals surface area contributed by atoms with Gasteiger partial charge in [0.25, 0.3) is 0 Å². The van der Waals surface area contributed by atoms with Crippen LogP contribution in [-0.4, -0.2) is 34.0 Å². The van der Waals surface area contributed by atoms with Gasteiger partial charge in [-0.2, -0.15) is 0 Å². The van der Waals surface area contributed by atoms with Crippen LogP contribution < -0.4 is 11.5 Å². The minimum Gasteiger partial charge on any atom is -0.481 e. The van der Waals surface area contributed by atoms with Crippen LogP contribution in [0.4, 0.5) is 5.69 Å². The molecule has 102 valence electrons. The minimum absolute atomic E-state index is 0.0674. The molecule has 0 heterocycles. The fourth-order valence-corrected chi connectivity index (χ4v) is 1.56. The topological polar surface area (TPSA) is 144 Å². The number of carbonyl (C=O) groups excluding carboxylic acids is 1. The van der Waals surface area contributed by atoms with Crippen molar-refractivity contribution in [3.8, 4) is 0 Å². The molecule has 6 N–H and O–H groups in total. The molecule has 0 spiro atoms. The van der Waals surface area contributed by atoms with Gasteiger partial charge in [0.15, 0.2) is 5.78 Å². The zero-order valence-corrected chi connectivity index (χ0v) is 10.00. The number of hydrogen-bond donors (Lipinski definition) is 4. The summed E-state index contributed by atoms with van der Waals surface area (Å²) in [6.07, 6.45) is -0.334. The first kappa shape index (κ1) is 14.7. The number of hydrogen-bond acceptors (Lipinski definition) is 5. The number of nitrogens with two attached hydrogens (primary N) is 2. The van der Waals surface area contributed by atoms with Crippen LogP contribution in [0.3, 0.4) is 0 Å². The summed E-state index contributed by atoms with van der Waals surface area (Å²) in [4.78, 5) is 33.4. The Kier molecular flexibility index (Phi) is 4.60. The molecule has 1 aromatic carbocycles. The van der Waals surface area contributed by atoms with E-state index in [-0.39, 0.29) is 29.7 Å². The maximum absolute atomic E-state index is 12.0. The first-order valence-electron chi connectivity index (χ1n) is 5.47. The first-order valence-corrected chi connectivity index (χ1v) is 5.47. The monoisotopic (exact) mass is 266 g/mol. The van der Waals surface area contributed by atoms with Gasteiger partial charge in [0.2, 0.25) is 0 Å². The molecular formula is C12H14N2O5. The van der Waals surface area contributed by atoms with Gasteiger partial charge in [0.1, 0.15) is 0 Å². The van der Waals surface area contributed by atoms with Crippen LogP contribution in [0.15, 0.2) is 18.2 Å². The SMILES string of the molecule is Nc1ccc(C(=O)O)c(C(=O)C(N)CCC(=O)O)c1. The van der Waals surface area contributed by atoms with Crippen LogP contribution in [0.25, 0.3) is 0 Å². The number of benzene rings is 1. The number of aliphatic carboxylic acids is 1. The van der Waals surface area contributed by atoms with Gasteiger partial charge >= 0.3 is 11.9 Å². The molecule has 0 saturated heterocycles. The van der Waals surface area contributed by atoms with Gasteiger partial charge in [-0.05, 0) is 24.6 Å². The van der Waals surface area contributed by atoms with Crippen LogP contribution in [0.1, 0.15) is 33.6 Å². The van der Waals surface area contributed by atoms with Crippen molar-refractivity contribution in [2.24, 2.45) is 5.73 Å². The number of anilines is 1. The van der Waals surface area contributed by atoms with E-state index in [1.54, 1.807) is 0 Å². The first-order chi connectivity index (χ1) is 8.82. The average molecular weight is 266 g/mol. The highest BCUT2D eigenvalue weighted by Crippen LogP contribution is 2.16. The van der Waals surface area contributed by atoms with E-state index in [4.69, 9.17) is 21.7 Å². The Hall–Kier alpha value is -2.41. The van der Waals surface area contributed by atoms with Gasteiger partial charge in [-0.25, -0.2) is 4.79 Å². The highest BCUT2D eigenvalue weighted by molar-refractivity contribution is 6.08. The van der Waals surface area contributed by atoms with Crippen molar-refractivity contribution in [1.29, 1.82) is 0 Å². The lowest BCUT2D eigenvalue weighted by atomic mass is 9.96. The molecular weight excluding hydrogens is 252 g/mol. The zero-order chi connectivity index (χ0) is 14.6. The third-order valence-electron chi connectivity index (χ3n) is 2.55. The van der Waals surface area contributed by atoms with E-state index < -0.39 is 23.8 Å². The second kappa shape index (κ2) is 5.96. The molecule has 7 nitrogen and oxygen atoms in total. The molecule has 7 heteroatoms. The van der Waals surface area contributed by atoms with Crippen LogP contribution >= 0.6 is 0 Å².